The van der Waals surface area contributed by atoms with Crippen LogP contribution in [0.5, 0.6) is 0 Å². The van der Waals surface area contributed by atoms with Crippen LogP contribution in [0.15, 0.2) is 34.1 Å². The third-order valence-electron chi connectivity index (χ3n) is 4.72. The van der Waals surface area contributed by atoms with E-state index in [4.69, 9.17) is 0 Å². The molecule has 3 rings (SSSR count). The second-order valence-electron chi connectivity index (χ2n) is 7.00. The van der Waals surface area contributed by atoms with Gasteiger partial charge in [0.05, 0.1) is 6.54 Å². The first kappa shape index (κ1) is 22.4. The first-order valence-corrected chi connectivity index (χ1v) is 9.91. The Morgan fingerprint density at radius 2 is 2.14 bits per heavy atom. The fourth-order valence-corrected chi connectivity index (χ4v) is 3.35. The van der Waals surface area contributed by atoms with Crippen LogP contribution < -0.4 is 16.3 Å². The third-order valence-corrected chi connectivity index (χ3v) is 4.72. The summed E-state index contributed by atoms with van der Waals surface area (Å²) in [7, 11) is 0. The van der Waals surface area contributed by atoms with E-state index < -0.39 is 0 Å². The summed E-state index contributed by atoms with van der Waals surface area (Å²) >= 11 is 0. The second kappa shape index (κ2) is 11.2. The monoisotopic (exact) mass is 498 g/mol. The van der Waals surface area contributed by atoms with Gasteiger partial charge in [-0.1, -0.05) is 29.8 Å². The van der Waals surface area contributed by atoms with Gasteiger partial charge in [0.25, 0.3) is 0 Å². The normalized spacial score (nSPS) is 13.6. The highest BCUT2D eigenvalue weighted by molar-refractivity contribution is 14.0. The van der Waals surface area contributed by atoms with Crippen LogP contribution in [-0.4, -0.2) is 33.4 Å². The van der Waals surface area contributed by atoms with Gasteiger partial charge in [0, 0.05) is 32.6 Å². The number of halogens is 1. The number of rotatable bonds is 7. The molecule has 0 unspecified atom stereocenters. The van der Waals surface area contributed by atoms with E-state index in [-0.39, 0.29) is 29.7 Å². The highest BCUT2D eigenvalue weighted by atomic mass is 127. The minimum absolute atomic E-state index is 0. The number of aliphatic imine (C=N–C) groups is 1. The predicted molar refractivity (Wildman–Crippen MR) is 123 cm³/mol. The Balaban J connectivity index is 0.00000280. The van der Waals surface area contributed by atoms with Crippen LogP contribution in [0.4, 0.5) is 0 Å². The van der Waals surface area contributed by atoms with E-state index >= 15 is 0 Å². The van der Waals surface area contributed by atoms with E-state index in [1.54, 1.807) is 4.68 Å². The molecule has 2 N–H and O–H groups in total. The molecule has 0 fully saturated rings. The van der Waals surface area contributed by atoms with Gasteiger partial charge in [0.15, 0.2) is 5.96 Å². The summed E-state index contributed by atoms with van der Waals surface area (Å²) in [5.74, 6) is 1.74. The molecule has 7 nitrogen and oxygen atoms in total. The first-order valence-electron chi connectivity index (χ1n) is 9.91. The quantitative estimate of drug-likeness (QED) is 0.266. The number of benzene rings is 1. The van der Waals surface area contributed by atoms with Gasteiger partial charge in [-0.25, -0.2) is 14.5 Å². The molecule has 0 spiro atoms. The zero-order chi connectivity index (χ0) is 19.1. The van der Waals surface area contributed by atoms with Crippen LogP contribution in [0.1, 0.15) is 43.1 Å². The zero-order valence-electron chi connectivity index (χ0n) is 16.8. The van der Waals surface area contributed by atoms with Crippen LogP contribution in [0.3, 0.4) is 0 Å². The van der Waals surface area contributed by atoms with Crippen molar-refractivity contribution in [1.29, 1.82) is 0 Å². The molecular formula is C20H31IN6O. The van der Waals surface area contributed by atoms with Crippen molar-refractivity contribution in [2.45, 2.75) is 59.2 Å². The molecule has 154 valence electrons. The molecule has 0 atom stereocenters. The maximum absolute atomic E-state index is 12.3. The summed E-state index contributed by atoms with van der Waals surface area (Å²) in [4.78, 5) is 17.0. The van der Waals surface area contributed by atoms with Gasteiger partial charge in [-0.2, -0.15) is 5.10 Å². The van der Waals surface area contributed by atoms with Gasteiger partial charge in [0.1, 0.15) is 5.82 Å². The SMILES string of the molecule is CCNC(=NCc1cccc(C)c1)NCCCn1nc2n(c1=O)CCCC2.I. The lowest BCUT2D eigenvalue weighted by atomic mass is 10.1. The van der Waals surface area contributed by atoms with Crippen molar-refractivity contribution in [2.24, 2.45) is 4.99 Å². The van der Waals surface area contributed by atoms with Crippen LogP contribution in [0.2, 0.25) is 0 Å². The highest BCUT2D eigenvalue weighted by Gasteiger charge is 2.16. The third kappa shape index (κ3) is 6.08. The van der Waals surface area contributed by atoms with E-state index in [2.05, 4.69) is 58.8 Å². The van der Waals surface area contributed by atoms with Gasteiger partial charge in [-0.15, -0.1) is 24.0 Å². The summed E-state index contributed by atoms with van der Waals surface area (Å²) in [6, 6.07) is 8.39. The molecule has 0 aliphatic carbocycles. The van der Waals surface area contributed by atoms with Crippen molar-refractivity contribution in [3.63, 3.8) is 0 Å². The molecule has 8 heteroatoms. The number of aryl methyl sites for hydroxylation is 3. The average Bonchev–Trinajstić information content (AvgIpc) is 2.99. The van der Waals surface area contributed by atoms with Crippen molar-refractivity contribution in [3.05, 3.63) is 51.7 Å². The van der Waals surface area contributed by atoms with E-state index in [9.17, 15) is 4.79 Å². The topological polar surface area (TPSA) is 76.2 Å². The van der Waals surface area contributed by atoms with Crippen molar-refractivity contribution in [3.8, 4) is 0 Å². The largest absolute Gasteiger partial charge is 0.357 e. The van der Waals surface area contributed by atoms with Crippen molar-refractivity contribution < 1.29 is 0 Å². The molecule has 28 heavy (non-hydrogen) atoms. The average molecular weight is 498 g/mol. The predicted octanol–water partition coefficient (Wildman–Crippen LogP) is 2.45. The van der Waals surface area contributed by atoms with E-state index in [1.165, 1.54) is 11.1 Å². The van der Waals surface area contributed by atoms with Gasteiger partial charge in [-0.3, -0.25) is 4.57 Å². The minimum Gasteiger partial charge on any atom is -0.357 e. The number of nitrogens with one attached hydrogen (secondary N) is 2. The van der Waals surface area contributed by atoms with Crippen molar-refractivity contribution in [2.75, 3.05) is 13.1 Å². The number of hydrogen-bond donors (Lipinski definition) is 2. The van der Waals surface area contributed by atoms with Gasteiger partial charge in [0.2, 0.25) is 0 Å². The summed E-state index contributed by atoms with van der Waals surface area (Å²) in [6.45, 7) is 7.78. The molecule has 1 aliphatic rings. The lowest BCUT2D eigenvalue weighted by molar-refractivity contribution is 0.509. The number of hydrogen-bond acceptors (Lipinski definition) is 3. The van der Waals surface area contributed by atoms with Gasteiger partial charge in [-0.05, 0) is 38.7 Å². The summed E-state index contributed by atoms with van der Waals surface area (Å²) in [5, 5.41) is 11.1. The second-order valence-corrected chi connectivity index (χ2v) is 7.00. The van der Waals surface area contributed by atoms with Gasteiger partial charge >= 0.3 is 5.69 Å². The van der Waals surface area contributed by atoms with Crippen molar-refractivity contribution in [1.82, 2.24) is 25.0 Å². The maximum Gasteiger partial charge on any atom is 0.345 e. The van der Waals surface area contributed by atoms with Crippen LogP contribution in [0, 0.1) is 6.92 Å². The fraction of sp³-hybridized carbons (Fsp3) is 0.550. The molecule has 0 saturated heterocycles. The Morgan fingerprint density at radius 1 is 1.29 bits per heavy atom. The van der Waals surface area contributed by atoms with E-state index in [0.29, 0.717) is 13.1 Å². The Kier molecular flexibility index (Phi) is 9.01. The molecule has 1 aliphatic heterocycles. The molecule has 1 aromatic heterocycles. The van der Waals surface area contributed by atoms with Crippen LogP contribution in [0.25, 0.3) is 0 Å². The van der Waals surface area contributed by atoms with E-state index in [0.717, 1.165) is 57.1 Å². The lowest BCUT2D eigenvalue weighted by Gasteiger charge is -2.11. The van der Waals surface area contributed by atoms with Crippen LogP contribution >= 0.6 is 24.0 Å². The summed E-state index contributed by atoms with van der Waals surface area (Å²) in [6.07, 6.45) is 3.94. The smallest absolute Gasteiger partial charge is 0.345 e. The molecule has 0 amide bonds. The number of nitrogens with zero attached hydrogens (tertiary/aromatic N) is 4. The molecule has 0 radical (unpaired) electrons. The summed E-state index contributed by atoms with van der Waals surface area (Å²) < 4.78 is 3.43. The Hall–Kier alpha value is -1.84. The molecule has 1 aromatic carbocycles. The van der Waals surface area contributed by atoms with Gasteiger partial charge < -0.3 is 10.6 Å². The van der Waals surface area contributed by atoms with E-state index in [1.807, 2.05) is 4.57 Å². The standard InChI is InChI=1S/C20H30N6O.HI/c1-3-21-19(23-15-17-9-6-8-16(2)14-17)22-11-7-13-26-20(27)25-12-5-4-10-18(25)24-26;/h6,8-9,14H,3-5,7,10-13,15H2,1-2H3,(H2,21,22,23);1H. The Bertz CT molecular complexity index is 841. The van der Waals surface area contributed by atoms with Crippen molar-refractivity contribution >= 4 is 29.9 Å². The first-order chi connectivity index (χ1) is 13.2. The number of fused-ring (bicyclic) bond motifs is 1. The summed E-state index contributed by atoms with van der Waals surface area (Å²) in [5.41, 5.74) is 2.47. The molecular weight excluding hydrogens is 467 g/mol. The fourth-order valence-electron chi connectivity index (χ4n) is 3.35. The number of guanidine groups is 1. The molecule has 0 saturated carbocycles. The maximum atomic E-state index is 12.3. The lowest BCUT2D eigenvalue weighted by Crippen LogP contribution is -2.38. The molecule has 0 bridgehead atoms. The number of aromatic nitrogens is 3. The zero-order valence-corrected chi connectivity index (χ0v) is 19.1. The Labute approximate surface area is 183 Å². The molecule has 2 aromatic rings. The molecule has 2 heterocycles. The minimum atomic E-state index is 0. The highest BCUT2D eigenvalue weighted by Crippen LogP contribution is 2.09. The van der Waals surface area contributed by atoms with Crippen LogP contribution in [-0.2, 0) is 26.1 Å². The Morgan fingerprint density at radius 3 is 2.89 bits per heavy atom.